The molecule has 12 aromatic rings. The summed E-state index contributed by atoms with van der Waals surface area (Å²) in [5.41, 5.74) is 14.3. The third-order valence-corrected chi connectivity index (χ3v) is 14.5. The molecule has 9 aromatic carbocycles. The molecule has 14 rings (SSSR count). The molecular formula is C59H34N4OS. The number of aromatic nitrogens is 4. The van der Waals surface area contributed by atoms with Crippen molar-refractivity contribution < 1.29 is 4.42 Å². The number of benzene rings is 9. The molecule has 3 aromatic heterocycles. The van der Waals surface area contributed by atoms with Crippen LogP contribution < -0.4 is 0 Å². The van der Waals surface area contributed by atoms with Gasteiger partial charge in [-0.1, -0.05) is 188 Å². The fourth-order valence-electron chi connectivity index (χ4n) is 10.7. The Morgan fingerprint density at radius 2 is 0.969 bits per heavy atom. The molecule has 6 heteroatoms. The van der Waals surface area contributed by atoms with E-state index in [2.05, 4.69) is 146 Å². The largest absolute Gasteiger partial charge is 0.456 e. The van der Waals surface area contributed by atoms with Gasteiger partial charge in [0.25, 0.3) is 0 Å². The smallest absolute Gasteiger partial charge is 0.164 e. The number of furan rings is 1. The van der Waals surface area contributed by atoms with Gasteiger partial charge < -0.3 is 4.42 Å². The predicted octanol–water partition coefficient (Wildman–Crippen LogP) is 15.0. The fourth-order valence-corrected chi connectivity index (χ4v) is 11.9. The normalized spacial score (nSPS) is 13.3. The van der Waals surface area contributed by atoms with E-state index >= 15 is 0 Å². The van der Waals surface area contributed by atoms with Gasteiger partial charge in [-0.25, -0.2) is 19.9 Å². The summed E-state index contributed by atoms with van der Waals surface area (Å²) < 4.78 is 6.32. The molecule has 0 saturated carbocycles. The summed E-state index contributed by atoms with van der Waals surface area (Å²) in [4.78, 5) is 23.7. The van der Waals surface area contributed by atoms with E-state index in [9.17, 15) is 0 Å². The molecule has 0 radical (unpaired) electrons. The van der Waals surface area contributed by atoms with Gasteiger partial charge in [-0.15, -0.1) is 0 Å². The molecule has 1 aliphatic carbocycles. The van der Waals surface area contributed by atoms with Gasteiger partial charge in [0, 0.05) is 59.0 Å². The molecule has 65 heavy (non-hydrogen) atoms. The van der Waals surface area contributed by atoms with Crippen LogP contribution in [-0.2, 0) is 5.41 Å². The summed E-state index contributed by atoms with van der Waals surface area (Å²) in [6, 6.07) is 73.2. The van der Waals surface area contributed by atoms with E-state index in [0.29, 0.717) is 17.5 Å². The zero-order valence-corrected chi connectivity index (χ0v) is 35.6. The Morgan fingerprint density at radius 3 is 1.75 bits per heavy atom. The van der Waals surface area contributed by atoms with Gasteiger partial charge in [0.1, 0.15) is 11.2 Å². The van der Waals surface area contributed by atoms with Crippen molar-refractivity contribution in [3.63, 3.8) is 0 Å². The summed E-state index contributed by atoms with van der Waals surface area (Å²) in [5, 5.41) is 5.38. The summed E-state index contributed by atoms with van der Waals surface area (Å²) in [7, 11) is 0. The zero-order chi connectivity index (χ0) is 42.6. The molecule has 0 N–H and O–H groups in total. The van der Waals surface area contributed by atoms with E-state index in [0.717, 1.165) is 66.2 Å². The van der Waals surface area contributed by atoms with E-state index < -0.39 is 5.41 Å². The van der Waals surface area contributed by atoms with Crippen LogP contribution in [-0.4, -0.2) is 19.9 Å². The van der Waals surface area contributed by atoms with E-state index in [4.69, 9.17) is 24.4 Å². The average Bonchev–Trinajstić information content (AvgIpc) is 3.90. The third kappa shape index (κ3) is 5.23. The van der Waals surface area contributed by atoms with Gasteiger partial charge in [-0.05, 0) is 63.7 Å². The highest BCUT2D eigenvalue weighted by molar-refractivity contribution is 7.99. The van der Waals surface area contributed by atoms with Crippen LogP contribution >= 0.6 is 11.8 Å². The lowest BCUT2D eigenvalue weighted by molar-refractivity contribution is 0.669. The number of fused-ring (bicyclic) bond motifs is 16. The van der Waals surface area contributed by atoms with Crippen molar-refractivity contribution in [3.8, 4) is 56.5 Å². The van der Waals surface area contributed by atoms with Crippen molar-refractivity contribution in [1.29, 1.82) is 0 Å². The van der Waals surface area contributed by atoms with Crippen LogP contribution in [0.25, 0.3) is 100 Å². The lowest BCUT2D eigenvalue weighted by Crippen LogP contribution is -2.31. The number of para-hydroxylation sites is 1. The second-order valence-electron chi connectivity index (χ2n) is 16.8. The second kappa shape index (κ2) is 13.9. The number of pyridine rings is 1. The quantitative estimate of drug-likeness (QED) is 0.164. The molecule has 1 aliphatic heterocycles. The van der Waals surface area contributed by atoms with Gasteiger partial charge >= 0.3 is 0 Å². The zero-order valence-electron chi connectivity index (χ0n) is 34.7. The summed E-state index contributed by atoms with van der Waals surface area (Å²) in [5.74, 6) is 1.74. The SMILES string of the molecule is c1ccc(-c2nc(-c3ccc4c(c3)nc(-c3ccccc3)c3ccc5c(c34)-c3ccccc3C53c4ccccc4Sc4ccccc43)nc(-c3cccc4oc5ccccc5c34)n2)cc1. The van der Waals surface area contributed by atoms with Crippen LogP contribution in [0.3, 0.4) is 0 Å². The predicted molar refractivity (Wildman–Crippen MR) is 263 cm³/mol. The maximum absolute atomic E-state index is 6.32. The Bertz CT molecular complexity index is 3890. The van der Waals surface area contributed by atoms with Gasteiger partial charge in [-0.2, -0.15) is 0 Å². The molecule has 302 valence electrons. The van der Waals surface area contributed by atoms with E-state index in [1.807, 2.05) is 72.4 Å². The summed E-state index contributed by atoms with van der Waals surface area (Å²) >= 11 is 1.87. The van der Waals surface area contributed by atoms with Crippen LogP contribution in [0.4, 0.5) is 0 Å². The molecule has 0 bridgehead atoms. The van der Waals surface area contributed by atoms with Crippen LogP contribution in [0.15, 0.2) is 220 Å². The molecular weight excluding hydrogens is 813 g/mol. The van der Waals surface area contributed by atoms with Crippen molar-refractivity contribution in [2.24, 2.45) is 0 Å². The second-order valence-corrected chi connectivity index (χ2v) is 17.9. The van der Waals surface area contributed by atoms with E-state index in [1.165, 1.54) is 48.6 Å². The van der Waals surface area contributed by atoms with Gasteiger partial charge in [0.15, 0.2) is 17.5 Å². The van der Waals surface area contributed by atoms with Crippen molar-refractivity contribution in [3.05, 3.63) is 229 Å². The van der Waals surface area contributed by atoms with Crippen molar-refractivity contribution >= 4 is 55.4 Å². The first-order chi connectivity index (χ1) is 32.2. The Labute approximate surface area is 378 Å². The van der Waals surface area contributed by atoms with Crippen molar-refractivity contribution in [2.45, 2.75) is 15.2 Å². The van der Waals surface area contributed by atoms with E-state index in [1.54, 1.807) is 0 Å². The first kappa shape index (κ1) is 36.3. The number of hydrogen-bond acceptors (Lipinski definition) is 6. The van der Waals surface area contributed by atoms with Crippen LogP contribution in [0.2, 0.25) is 0 Å². The lowest BCUT2D eigenvalue weighted by Gasteiger charge is -2.39. The monoisotopic (exact) mass is 846 g/mol. The Kier molecular flexibility index (Phi) is 7.77. The fraction of sp³-hybridized carbons (Fsp3) is 0.0169. The summed E-state index contributed by atoms with van der Waals surface area (Å²) in [6.07, 6.45) is 0. The standard InChI is InChI=1S/C59H34N4OS/c1-3-16-35(17-4-1)55-41-32-33-46-54(38-20-7-9-23-43(38)59(46)44-24-10-13-28-50(44)65-51-29-14-11-25-45(51)59)53(41)39-31-30-37(34-47(39)60-55)57-61-56(36-18-5-2-6-19-36)62-58(63-57)42-22-15-27-49-52(42)40-21-8-12-26-48(40)64-49/h1-34H. The molecule has 0 fully saturated rings. The molecule has 0 amide bonds. The highest BCUT2D eigenvalue weighted by Crippen LogP contribution is 2.63. The van der Waals surface area contributed by atoms with Crippen molar-refractivity contribution in [2.75, 3.05) is 0 Å². The number of hydrogen-bond donors (Lipinski definition) is 0. The molecule has 2 aliphatic rings. The van der Waals surface area contributed by atoms with Gasteiger partial charge in [0.05, 0.1) is 16.6 Å². The minimum Gasteiger partial charge on any atom is -0.456 e. The Balaban J connectivity index is 1.06. The van der Waals surface area contributed by atoms with Crippen molar-refractivity contribution in [1.82, 2.24) is 19.9 Å². The number of nitrogens with zero attached hydrogens (tertiary/aromatic N) is 4. The highest BCUT2D eigenvalue weighted by atomic mass is 32.2. The third-order valence-electron chi connectivity index (χ3n) is 13.4. The van der Waals surface area contributed by atoms with Gasteiger partial charge in [-0.3, -0.25) is 0 Å². The molecule has 0 atom stereocenters. The maximum atomic E-state index is 6.32. The molecule has 5 nitrogen and oxygen atoms in total. The lowest BCUT2D eigenvalue weighted by atomic mass is 9.67. The first-order valence-electron chi connectivity index (χ1n) is 21.9. The molecule has 0 saturated heterocycles. The van der Waals surface area contributed by atoms with Crippen LogP contribution in [0, 0.1) is 0 Å². The first-order valence-corrected chi connectivity index (χ1v) is 22.7. The van der Waals surface area contributed by atoms with Crippen LogP contribution in [0.1, 0.15) is 22.3 Å². The Hall–Kier alpha value is -8.19. The Morgan fingerprint density at radius 1 is 0.369 bits per heavy atom. The average molecular weight is 847 g/mol. The summed E-state index contributed by atoms with van der Waals surface area (Å²) in [6.45, 7) is 0. The topological polar surface area (TPSA) is 64.7 Å². The molecule has 1 spiro atoms. The maximum Gasteiger partial charge on any atom is 0.164 e. The minimum absolute atomic E-state index is 0.501. The van der Waals surface area contributed by atoms with E-state index in [-0.39, 0.29) is 0 Å². The van der Waals surface area contributed by atoms with Crippen LogP contribution in [0.5, 0.6) is 0 Å². The number of rotatable bonds is 4. The minimum atomic E-state index is -0.501. The molecule has 4 heterocycles. The molecule has 0 unspecified atom stereocenters. The van der Waals surface area contributed by atoms with Gasteiger partial charge in [0.2, 0.25) is 0 Å². The highest BCUT2D eigenvalue weighted by Gasteiger charge is 2.50.